The van der Waals surface area contributed by atoms with Crippen molar-refractivity contribution in [2.24, 2.45) is 0 Å². The van der Waals surface area contributed by atoms with E-state index in [4.69, 9.17) is 4.74 Å². The van der Waals surface area contributed by atoms with Crippen LogP contribution in [0.1, 0.15) is 22.3 Å². The molecule has 0 aliphatic carbocycles. The highest BCUT2D eigenvalue weighted by Gasteiger charge is 2.22. The fourth-order valence-electron chi connectivity index (χ4n) is 3.56. The first kappa shape index (κ1) is 16.4. The molecular weight excluding hydrogens is 332 g/mol. The normalized spacial score (nSPS) is 13.7. The molecule has 0 unspecified atom stereocenters. The minimum atomic E-state index is -0.305. The zero-order valence-corrected chi connectivity index (χ0v) is 14.6. The number of ether oxygens (including phenoxy) is 1. The summed E-state index contributed by atoms with van der Waals surface area (Å²) >= 11 is 0. The van der Waals surface area contributed by atoms with Crippen LogP contribution in [0, 0.1) is 0 Å². The van der Waals surface area contributed by atoms with Crippen LogP contribution in [0.3, 0.4) is 0 Å². The average molecular weight is 352 g/mol. The molecule has 0 spiro atoms. The highest BCUT2D eigenvalue weighted by Crippen LogP contribution is 2.30. The van der Waals surface area contributed by atoms with Crippen molar-refractivity contribution in [3.05, 3.63) is 64.2 Å². The fraction of sp³-hybridized carbons (Fsp3) is 0.316. The average Bonchev–Trinajstić information content (AvgIpc) is 3.01. The van der Waals surface area contributed by atoms with Crippen molar-refractivity contribution in [3.8, 4) is 0 Å². The highest BCUT2D eigenvalue weighted by atomic mass is 16.5. The van der Waals surface area contributed by atoms with Gasteiger partial charge in [-0.1, -0.05) is 12.1 Å². The maximum absolute atomic E-state index is 12.4. The summed E-state index contributed by atoms with van der Waals surface area (Å²) in [6.45, 7) is 2.03. The molecular formula is C19H20N4O3. The first-order valence-electron chi connectivity index (χ1n) is 8.68. The number of carbonyl (C=O) groups is 1. The van der Waals surface area contributed by atoms with E-state index in [-0.39, 0.29) is 11.7 Å². The number of methoxy groups -OCH3 is 1. The molecule has 7 heteroatoms. The molecule has 0 bridgehead atoms. The predicted octanol–water partition coefficient (Wildman–Crippen LogP) is 1.74. The number of aromatic nitrogens is 3. The van der Waals surface area contributed by atoms with E-state index in [1.54, 1.807) is 16.7 Å². The van der Waals surface area contributed by atoms with Gasteiger partial charge in [0.05, 0.1) is 19.2 Å². The lowest BCUT2D eigenvalue weighted by molar-refractivity contribution is 0.0599. The fourth-order valence-corrected chi connectivity index (χ4v) is 3.56. The summed E-state index contributed by atoms with van der Waals surface area (Å²) in [5.74, 6) is -0.305. The molecule has 0 amide bonds. The Kier molecular flexibility index (Phi) is 4.20. The van der Waals surface area contributed by atoms with Crippen molar-refractivity contribution < 1.29 is 9.53 Å². The summed E-state index contributed by atoms with van der Waals surface area (Å²) < 4.78 is 7.94. The third-order valence-corrected chi connectivity index (χ3v) is 4.82. The smallest absolute Gasteiger partial charge is 0.350 e. The van der Waals surface area contributed by atoms with E-state index in [0.29, 0.717) is 24.3 Å². The van der Waals surface area contributed by atoms with Gasteiger partial charge in [0.25, 0.3) is 0 Å². The van der Waals surface area contributed by atoms with E-state index >= 15 is 0 Å². The largest absolute Gasteiger partial charge is 0.465 e. The zero-order valence-electron chi connectivity index (χ0n) is 14.6. The van der Waals surface area contributed by atoms with Gasteiger partial charge in [0.1, 0.15) is 0 Å². The second-order valence-corrected chi connectivity index (χ2v) is 6.32. The third kappa shape index (κ3) is 2.75. The Labute approximate surface area is 150 Å². The van der Waals surface area contributed by atoms with E-state index in [9.17, 15) is 9.59 Å². The van der Waals surface area contributed by atoms with E-state index in [1.165, 1.54) is 11.8 Å². The van der Waals surface area contributed by atoms with Gasteiger partial charge in [-0.15, -0.1) is 5.10 Å². The molecule has 0 saturated heterocycles. The molecule has 134 valence electrons. The van der Waals surface area contributed by atoms with Crippen LogP contribution in [0.4, 0.5) is 5.69 Å². The standard InChI is InChI=1S/C19H20N4O3/c1-26-18(24)15-6-4-8-16-14(15)7-5-10-21(16)12-13-23-19(25)22-11-3-2-9-17(22)20-23/h2-4,6,8-9,11H,5,7,10,12-13H2,1H3. The van der Waals surface area contributed by atoms with Crippen molar-refractivity contribution in [3.63, 3.8) is 0 Å². The Morgan fingerprint density at radius 1 is 1.19 bits per heavy atom. The topological polar surface area (TPSA) is 68.8 Å². The van der Waals surface area contributed by atoms with Gasteiger partial charge >= 0.3 is 11.7 Å². The number of carbonyl (C=O) groups excluding carboxylic acids is 1. The number of rotatable bonds is 4. The van der Waals surface area contributed by atoms with Gasteiger partial charge in [-0.05, 0) is 42.7 Å². The van der Waals surface area contributed by atoms with Gasteiger partial charge in [0.15, 0.2) is 5.65 Å². The summed E-state index contributed by atoms with van der Waals surface area (Å²) in [5.41, 5.74) is 3.19. The Morgan fingerprint density at radius 3 is 2.88 bits per heavy atom. The number of pyridine rings is 1. The third-order valence-electron chi connectivity index (χ3n) is 4.82. The molecule has 1 aromatic carbocycles. The molecule has 1 aliphatic heterocycles. The number of nitrogens with zero attached hydrogens (tertiary/aromatic N) is 4. The van der Waals surface area contributed by atoms with E-state index in [0.717, 1.165) is 30.6 Å². The first-order chi connectivity index (χ1) is 12.7. The van der Waals surface area contributed by atoms with Crippen molar-refractivity contribution in [1.82, 2.24) is 14.2 Å². The number of hydrogen-bond donors (Lipinski definition) is 0. The Balaban J connectivity index is 1.60. The molecule has 4 rings (SSSR count). The summed E-state index contributed by atoms with van der Waals surface area (Å²) in [5, 5.41) is 4.38. The second kappa shape index (κ2) is 6.67. The molecule has 7 nitrogen and oxygen atoms in total. The van der Waals surface area contributed by atoms with Crippen LogP contribution in [0.25, 0.3) is 5.65 Å². The van der Waals surface area contributed by atoms with Crippen LogP contribution >= 0.6 is 0 Å². The minimum absolute atomic E-state index is 0.138. The number of hydrogen-bond acceptors (Lipinski definition) is 5. The first-order valence-corrected chi connectivity index (χ1v) is 8.68. The van der Waals surface area contributed by atoms with Crippen LogP contribution in [-0.4, -0.2) is 40.3 Å². The zero-order chi connectivity index (χ0) is 18.1. The lowest BCUT2D eigenvalue weighted by atomic mass is 9.96. The molecule has 3 heterocycles. The maximum Gasteiger partial charge on any atom is 0.350 e. The summed E-state index contributed by atoms with van der Waals surface area (Å²) in [4.78, 5) is 26.6. The van der Waals surface area contributed by atoms with Gasteiger partial charge in [0, 0.05) is 25.0 Å². The molecule has 0 fully saturated rings. The summed E-state index contributed by atoms with van der Waals surface area (Å²) in [7, 11) is 1.40. The van der Waals surface area contributed by atoms with Gasteiger partial charge in [-0.2, -0.15) is 0 Å². The van der Waals surface area contributed by atoms with Crippen molar-refractivity contribution in [2.45, 2.75) is 19.4 Å². The minimum Gasteiger partial charge on any atom is -0.465 e. The van der Waals surface area contributed by atoms with Crippen molar-refractivity contribution in [1.29, 1.82) is 0 Å². The molecule has 0 N–H and O–H groups in total. The predicted molar refractivity (Wildman–Crippen MR) is 97.8 cm³/mol. The molecule has 0 radical (unpaired) electrons. The second-order valence-electron chi connectivity index (χ2n) is 6.32. The van der Waals surface area contributed by atoms with Crippen LogP contribution in [0.5, 0.6) is 0 Å². The van der Waals surface area contributed by atoms with E-state index in [1.807, 2.05) is 30.3 Å². The Hall–Kier alpha value is -3.09. The molecule has 3 aromatic rings. The molecule has 0 saturated carbocycles. The van der Waals surface area contributed by atoms with E-state index in [2.05, 4.69) is 10.00 Å². The summed E-state index contributed by atoms with van der Waals surface area (Å²) in [6, 6.07) is 11.2. The SMILES string of the molecule is COC(=O)c1cccc2c1CCCN2CCn1nc2ccccn2c1=O. The van der Waals surface area contributed by atoms with Gasteiger partial charge in [-0.3, -0.25) is 4.40 Å². The van der Waals surface area contributed by atoms with Crippen LogP contribution in [0.2, 0.25) is 0 Å². The van der Waals surface area contributed by atoms with Crippen LogP contribution in [-0.2, 0) is 17.7 Å². The number of esters is 1. The number of fused-ring (bicyclic) bond motifs is 2. The number of anilines is 1. The monoisotopic (exact) mass is 352 g/mol. The molecule has 1 aliphatic rings. The molecule has 2 aromatic heterocycles. The van der Waals surface area contributed by atoms with E-state index < -0.39 is 0 Å². The maximum atomic E-state index is 12.4. The lowest BCUT2D eigenvalue weighted by Crippen LogP contribution is -2.35. The van der Waals surface area contributed by atoms with Crippen LogP contribution < -0.4 is 10.6 Å². The van der Waals surface area contributed by atoms with Gasteiger partial charge in [-0.25, -0.2) is 14.3 Å². The number of benzene rings is 1. The molecule has 26 heavy (non-hydrogen) atoms. The highest BCUT2D eigenvalue weighted by molar-refractivity contribution is 5.93. The lowest BCUT2D eigenvalue weighted by Gasteiger charge is -2.32. The van der Waals surface area contributed by atoms with Gasteiger partial charge in [0.2, 0.25) is 0 Å². The Morgan fingerprint density at radius 2 is 2.08 bits per heavy atom. The molecule has 0 atom stereocenters. The summed E-state index contributed by atoms with van der Waals surface area (Å²) in [6.07, 6.45) is 3.53. The van der Waals surface area contributed by atoms with Gasteiger partial charge < -0.3 is 9.64 Å². The van der Waals surface area contributed by atoms with Crippen LogP contribution in [0.15, 0.2) is 47.4 Å². The quantitative estimate of drug-likeness (QED) is 0.669. The Bertz CT molecular complexity index is 1020. The van der Waals surface area contributed by atoms with Crippen molar-refractivity contribution >= 4 is 17.3 Å². The van der Waals surface area contributed by atoms with Crippen molar-refractivity contribution in [2.75, 3.05) is 25.1 Å².